The topological polar surface area (TPSA) is 55.4 Å². The molecule has 0 heterocycles. The van der Waals surface area contributed by atoms with Crippen molar-refractivity contribution in [2.75, 3.05) is 13.7 Å². The molecule has 0 unspecified atom stereocenters. The molecule has 0 bridgehead atoms. The molecule has 0 atom stereocenters. The number of methoxy groups -OCH3 is 1. The van der Waals surface area contributed by atoms with Crippen LogP contribution in [0, 0.1) is 9.39 Å². The van der Waals surface area contributed by atoms with Crippen LogP contribution in [0.25, 0.3) is 0 Å². The lowest BCUT2D eigenvalue weighted by molar-refractivity contribution is 0.411. The summed E-state index contributed by atoms with van der Waals surface area (Å²) in [6.07, 6.45) is 1.32. The van der Waals surface area contributed by atoms with Gasteiger partial charge >= 0.3 is 0 Å². The molecule has 2 aromatic rings. The van der Waals surface area contributed by atoms with Gasteiger partial charge in [-0.25, -0.2) is 17.5 Å². The molecule has 0 fully saturated rings. The second-order valence-corrected chi connectivity index (χ2v) is 7.85. The van der Waals surface area contributed by atoms with E-state index in [9.17, 15) is 12.8 Å². The minimum Gasteiger partial charge on any atom is -0.496 e. The highest BCUT2D eigenvalue weighted by molar-refractivity contribution is 14.1. The summed E-state index contributed by atoms with van der Waals surface area (Å²) in [5.74, 6) is 0.365. The van der Waals surface area contributed by atoms with Gasteiger partial charge < -0.3 is 4.74 Å². The fraction of sp³-hybridized carbons (Fsp3) is 0.250. The number of rotatable bonds is 7. The Balaban J connectivity index is 1.91. The smallest absolute Gasteiger partial charge is 0.240 e. The Labute approximate surface area is 149 Å². The zero-order valence-corrected chi connectivity index (χ0v) is 15.5. The van der Waals surface area contributed by atoms with E-state index in [-0.39, 0.29) is 10.7 Å². The molecule has 0 spiro atoms. The first-order chi connectivity index (χ1) is 10.9. The van der Waals surface area contributed by atoms with Gasteiger partial charge in [0.05, 0.1) is 15.6 Å². The van der Waals surface area contributed by atoms with Gasteiger partial charge in [0.15, 0.2) is 0 Å². The van der Waals surface area contributed by atoms with Crippen molar-refractivity contribution < 1.29 is 17.5 Å². The van der Waals surface area contributed by atoms with Crippen molar-refractivity contribution in [3.8, 4) is 5.75 Å². The summed E-state index contributed by atoms with van der Waals surface area (Å²) < 4.78 is 45.7. The lowest BCUT2D eigenvalue weighted by Crippen LogP contribution is -2.25. The third-order valence-electron chi connectivity index (χ3n) is 3.28. The lowest BCUT2D eigenvalue weighted by Gasteiger charge is -2.09. The zero-order valence-electron chi connectivity index (χ0n) is 12.6. The van der Waals surface area contributed by atoms with Gasteiger partial charge in [0.1, 0.15) is 11.6 Å². The van der Waals surface area contributed by atoms with Crippen LogP contribution in [-0.2, 0) is 16.4 Å². The fourth-order valence-corrected chi connectivity index (χ4v) is 4.09. The standard InChI is InChI=1S/C16H17FINO3S/c1-22-16-9-8-14(11-15(16)18)23(20,21)19-10-2-3-12-4-6-13(17)7-5-12/h4-9,11,19H,2-3,10H2,1H3. The van der Waals surface area contributed by atoms with E-state index >= 15 is 0 Å². The molecule has 0 saturated carbocycles. The summed E-state index contributed by atoms with van der Waals surface area (Å²) >= 11 is 2.03. The molecule has 2 aromatic carbocycles. The van der Waals surface area contributed by atoms with Gasteiger partial charge in [0.25, 0.3) is 0 Å². The minimum absolute atomic E-state index is 0.212. The highest BCUT2D eigenvalue weighted by Gasteiger charge is 2.15. The van der Waals surface area contributed by atoms with E-state index in [1.54, 1.807) is 31.4 Å². The predicted octanol–water partition coefficient (Wildman–Crippen LogP) is 3.35. The first kappa shape index (κ1) is 18.2. The third kappa shape index (κ3) is 5.15. The normalized spacial score (nSPS) is 11.4. The maximum Gasteiger partial charge on any atom is 0.240 e. The van der Waals surface area contributed by atoms with Gasteiger partial charge in [-0.2, -0.15) is 0 Å². The zero-order chi connectivity index (χ0) is 16.9. The summed E-state index contributed by atoms with van der Waals surface area (Å²) in [5, 5.41) is 0. The predicted molar refractivity (Wildman–Crippen MR) is 95.6 cm³/mol. The van der Waals surface area contributed by atoms with Crippen LogP contribution in [0.2, 0.25) is 0 Å². The number of hydrogen-bond acceptors (Lipinski definition) is 3. The summed E-state index contributed by atoms with van der Waals surface area (Å²) in [5.41, 5.74) is 0.976. The molecule has 1 N–H and O–H groups in total. The average Bonchev–Trinajstić information content (AvgIpc) is 2.53. The number of hydrogen-bond donors (Lipinski definition) is 1. The Morgan fingerprint density at radius 3 is 2.48 bits per heavy atom. The van der Waals surface area contributed by atoms with Crippen LogP contribution in [-0.4, -0.2) is 22.1 Å². The summed E-state index contributed by atoms with van der Waals surface area (Å²) in [6, 6.07) is 10.9. The summed E-state index contributed by atoms with van der Waals surface area (Å²) in [7, 11) is -2.00. The van der Waals surface area contributed by atoms with E-state index in [1.165, 1.54) is 18.2 Å². The molecule has 0 aliphatic heterocycles. The Bertz CT molecular complexity index is 763. The second kappa shape index (κ2) is 8.07. The molecule has 0 aromatic heterocycles. The Kier molecular flexibility index (Phi) is 6.37. The molecule has 124 valence electrons. The quantitative estimate of drug-likeness (QED) is 0.521. The number of sulfonamides is 1. The van der Waals surface area contributed by atoms with Crippen LogP contribution in [0.1, 0.15) is 12.0 Å². The third-order valence-corrected chi connectivity index (χ3v) is 5.58. The van der Waals surface area contributed by atoms with E-state index < -0.39 is 10.0 Å². The van der Waals surface area contributed by atoms with Gasteiger partial charge in [0.2, 0.25) is 10.0 Å². The van der Waals surface area contributed by atoms with E-state index in [1.807, 2.05) is 22.6 Å². The van der Waals surface area contributed by atoms with Crippen LogP contribution in [0.5, 0.6) is 5.75 Å². The van der Waals surface area contributed by atoms with Crippen molar-refractivity contribution in [1.29, 1.82) is 0 Å². The van der Waals surface area contributed by atoms with Crippen molar-refractivity contribution >= 4 is 32.6 Å². The summed E-state index contributed by atoms with van der Waals surface area (Å²) in [4.78, 5) is 0.212. The summed E-state index contributed by atoms with van der Waals surface area (Å²) in [6.45, 7) is 0.322. The van der Waals surface area contributed by atoms with Crippen LogP contribution < -0.4 is 9.46 Å². The molecule has 23 heavy (non-hydrogen) atoms. The van der Waals surface area contributed by atoms with Crippen molar-refractivity contribution in [2.24, 2.45) is 0 Å². The lowest BCUT2D eigenvalue weighted by atomic mass is 10.1. The molecule has 0 amide bonds. The molecule has 0 saturated heterocycles. The SMILES string of the molecule is COc1ccc(S(=O)(=O)NCCCc2ccc(F)cc2)cc1I. The number of aryl methyl sites for hydroxylation is 1. The van der Waals surface area contributed by atoms with Crippen LogP contribution >= 0.6 is 22.6 Å². The highest BCUT2D eigenvalue weighted by Crippen LogP contribution is 2.23. The van der Waals surface area contributed by atoms with E-state index in [0.29, 0.717) is 25.1 Å². The maximum atomic E-state index is 12.8. The number of benzene rings is 2. The van der Waals surface area contributed by atoms with Crippen LogP contribution in [0.15, 0.2) is 47.4 Å². The highest BCUT2D eigenvalue weighted by atomic mass is 127. The molecule has 0 aliphatic carbocycles. The van der Waals surface area contributed by atoms with Crippen LogP contribution in [0.4, 0.5) is 4.39 Å². The van der Waals surface area contributed by atoms with E-state index in [4.69, 9.17) is 4.74 Å². The van der Waals surface area contributed by atoms with E-state index in [2.05, 4.69) is 4.72 Å². The number of nitrogens with one attached hydrogen (secondary N) is 1. The van der Waals surface area contributed by atoms with E-state index in [0.717, 1.165) is 9.13 Å². The monoisotopic (exact) mass is 449 g/mol. The van der Waals surface area contributed by atoms with Gasteiger partial charge in [0, 0.05) is 6.54 Å². The fourth-order valence-electron chi connectivity index (χ4n) is 2.05. The second-order valence-electron chi connectivity index (χ2n) is 4.92. The molecule has 0 radical (unpaired) electrons. The van der Waals surface area contributed by atoms with Gasteiger partial charge in [-0.3, -0.25) is 0 Å². The average molecular weight is 449 g/mol. The Hall–Kier alpha value is -1.19. The van der Waals surface area contributed by atoms with Crippen LogP contribution in [0.3, 0.4) is 0 Å². The van der Waals surface area contributed by atoms with Gasteiger partial charge in [-0.15, -0.1) is 0 Å². The van der Waals surface area contributed by atoms with Crippen molar-refractivity contribution in [3.63, 3.8) is 0 Å². The first-order valence-corrected chi connectivity index (χ1v) is 9.56. The minimum atomic E-state index is -3.54. The Morgan fingerprint density at radius 2 is 1.87 bits per heavy atom. The molecule has 4 nitrogen and oxygen atoms in total. The van der Waals surface area contributed by atoms with Crippen molar-refractivity contribution in [3.05, 3.63) is 57.4 Å². The van der Waals surface area contributed by atoms with Gasteiger partial charge in [-0.1, -0.05) is 12.1 Å². The number of ether oxygens (including phenoxy) is 1. The molecule has 2 rings (SSSR count). The molecule has 0 aliphatic rings. The largest absolute Gasteiger partial charge is 0.496 e. The van der Waals surface area contributed by atoms with Gasteiger partial charge in [-0.05, 0) is 71.3 Å². The van der Waals surface area contributed by atoms with Crippen molar-refractivity contribution in [1.82, 2.24) is 4.72 Å². The first-order valence-electron chi connectivity index (χ1n) is 7.00. The van der Waals surface area contributed by atoms with Crippen molar-refractivity contribution in [2.45, 2.75) is 17.7 Å². The Morgan fingerprint density at radius 1 is 1.17 bits per heavy atom. The molecular formula is C16H17FINO3S. The number of halogens is 2. The molecule has 7 heteroatoms. The maximum absolute atomic E-state index is 12.8. The molecular weight excluding hydrogens is 432 g/mol.